The van der Waals surface area contributed by atoms with Crippen LogP contribution in [0.3, 0.4) is 0 Å². The van der Waals surface area contributed by atoms with Gasteiger partial charge in [-0.1, -0.05) is 48.6 Å². The topological polar surface area (TPSA) is 76.1 Å². The first-order valence-corrected chi connectivity index (χ1v) is 11.1. The molecule has 0 bridgehead atoms. The predicted molar refractivity (Wildman–Crippen MR) is 125 cm³/mol. The van der Waals surface area contributed by atoms with Crippen molar-refractivity contribution in [1.82, 2.24) is 4.90 Å². The lowest BCUT2D eigenvalue weighted by molar-refractivity contribution is -0.167. The molecule has 1 N–H and O–H groups in total. The van der Waals surface area contributed by atoms with E-state index in [1.165, 1.54) is 4.90 Å². The molecule has 0 aromatic heterocycles. The maximum absolute atomic E-state index is 13.4. The Labute approximate surface area is 191 Å². The first-order chi connectivity index (χ1) is 15.2. The Balaban J connectivity index is 2.19. The summed E-state index contributed by atoms with van der Waals surface area (Å²) in [6.45, 7) is 9.19. The van der Waals surface area contributed by atoms with Crippen molar-refractivity contribution in [3.8, 4) is 0 Å². The Bertz CT molecular complexity index is 822. The van der Waals surface area contributed by atoms with Crippen molar-refractivity contribution < 1.29 is 24.2 Å². The van der Waals surface area contributed by atoms with Crippen LogP contribution in [0.5, 0.6) is 0 Å². The average Bonchev–Trinajstić information content (AvgIpc) is 3.08. The second-order valence-electron chi connectivity index (χ2n) is 8.79. The fourth-order valence-electron chi connectivity index (χ4n) is 3.34. The lowest BCUT2D eigenvalue weighted by Gasteiger charge is -2.25. The van der Waals surface area contributed by atoms with Gasteiger partial charge >= 0.3 is 5.97 Å². The van der Waals surface area contributed by atoms with Gasteiger partial charge in [-0.15, -0.1) is 6.58 Å². The van der Waals surface area contributed by atoms with Gasteiger partial charge in [-0.25, -0.2) is 0 Å². The summed E-state index contributed by atoms with van der Waals surface area (Å²) in [5.74, 6) is -1.62. The van der Waals surface area contributed by atoms with E-state index in [0.29, 0.717) is 5.70 Å². The zero-order valence-electron chi connectivity index (χ0n) is 19.3. The maximum atomic E-state index is 13.4. The van der Waals surface area contributed by atoms with Gasteiger partial charge in [0, 0.05) is 0 Å². The SMILES string of the molecule is C=CCCCC/C=C/C(CC(=O)OC(C)(C)C)C(=O)N1/C(=C/c2ccccc2)COC1O. The fraction of sp³-hybridized carbons (Fsp3) is 0.462. The Morgan fingerprint density at radius 2 is 1.94 bits per heavy atom. The summed E-state index contributed by atoms with van der Waals surface area (Å²) in [5.41, 5.74) is 0.787. The molecule has 6 nitrogen and oxygen atoms in total. The van der Waals surface area contributed by atoms with E-state index in [4.69, 9.17) is 9.47 Å². The van der Waals surface area contributed by atoms with Crippen LogP contribution < -0.4 is 0 Å². The molecule has 1 aliphatic heterocycles. The van der Waals surface area contributed by atoms with Crippen LogP contribution >= 0.6 is 0 Å². The molecule has 1 saturated heterocycles. The Morgan fingerprint density at radius 3 is 2.59 bits per heavy atom. The summed E-state index contributed by atoms with van der Waals surface area (Å²) in [6.07, 6.45) is 9.56. The smallest absolute Gasteiger partial charge is 0.307 e. The highest BCUT2D eigenvalue weighted by atomic mass is 16.6. The molecule has 174 valence electrons. The summed E-state index contributed by atoms with van der Waals surface area (Å²) in [6, 6.07) is 9.50. The van der Waals surface area contributed by atoms with E-state index in [1.807, 2.05) is 42.5 Å². The summed E-state index contributed by atoms with van der Waals surface area (Å²) >= 11 is 0. The normalized spacial score (nSPS) is 18.8. The van der Waals surface area contributed by atoms with E-state index in [1.54, 1.807) is 32.9 Å². The van der Waals surface area contributed by atoms with Crippen LogP contribution in [0.1, 0.15) is 58.4 Å². The standard InChI is InChI=1S/C26H35NO5/c1-5-6-7-8-9-13-16-21(18-23(28)32-26(2,3)4)24(29)27-22(19-31-25(27)30)17-20-14-11-10-12-15-20/h5,10-17,21,25,30H,1,6-9,18-19H2,2-4H3/b16-13+,22-17+. The van der Waals surface area contributed by atoms with Gasteiger partial charge in [-0.3, -0.25) is 14.5 Å². The molecule has 1 aromatic carbocycles. The van der Waals surface area contributed by atoms with Gasteiger partial charge < -0.3 is 14.6 Å². The van der Waals surface area contributed by atoms with E-state index in [9.17, 15) is 14.7 Å². The highest BCUT2D eigenvalue weighted by Gasteiger charge is 2.37. The molecule has 1 fully saturated rings. The third-order valence-corrected chi connectivity index (χ3v) is 4.80. The van der Waals surface area contributed by atoms with E-state index in [0.717, 1.165) is 31.2 Å². The molecule has 1 aromatic rings. The van der Waals surface area contributed by atoms with Crippen LogP contribution in [0.2, 0.25) is 0 Å². The number of unbranched alkanes of at least 4 members (excludes halogenated alkanes) is 3. The number of allylic oxidation sites excluding steroid dienone is 2. The predicted octanol–water partition coefficient (Wildman–Crippen LogP) is 4.81. The molecule has 0 saturated carbocycles. The van der Waals surface area contributed by atoms with Crippen molar-refractivity contribution in [2.75, 3.05) is 6.61 Å². The number of hydrogen-bond donors (Lipinski definition) is 1. The minimum atomic E-state index is -1.39. The van der Waals surface area contributed by atoms with Gasteiger partial charge in [0.15, 0.2) is 0 Å². The van der Waals surface area contributed by atoms with Gasteiger partial charge in [0.1, 0.15) is 5.60 Å². The molecule has 0 aliphatic carbocycles. The molecule has 1 amide bonds. The zero-order valence-corrected chi connectivity index (χ0v) is 19.3. The van der Waals surface area contributed by atoms with Gasteiger partial charge in [-0.05, 0) is 58.1 Å². The Morgan fingerprint density at radius 1 is 1.25 bits per heavy atom. The van der Waals surface area contributed by atoms with Crippen LogP contribution in [0.4, 0.5) is 0 Å². The first-order valence-electron chi connectivity index (χ1n) is 11.1. The van der Waals surface area contributed by atoms with Gasteiger partial charge in [0.2, 0.25) is 12.3 Å². The molecule has 2 unspecified atom stereocenters. The molecule has 1 heterocycles. The van der Waals surface area contributed by atoms with Crippen LogP contribution in [0.25, 0.3) is 6.08 Å². The number of hydrogen-bond acceptors (Lipinski definition) is 5. The van der Waals surface area contributed by atoms with Gasteiger partial charge in [0.25, 0.3) is 0 Å². The molecular formula is C26H35NO5. The number of carbonyl (C=O) groups excluding carboxylic acids is 2. The number of amides is 1. The number of rotatable bonds is 10. The zero-order chi connectivity index (χ0) is 23.6. The van der Waals surface area contributed by atoms with Crippen molar-refractivity contribution in [2.45, 2.75) is 64.9 Å². The van der Waals surface area contributed by atoms with Crippen molar-refractivity contribution in [3.63, 3.8) is 0 Å². The Kier molecular flexibility index (Phi) is 9.88. The van der Waals surface area contributed by atoms with E-state index < -0.39 is 29.8 Å². The number of aliphatic hydroxyl groups excluding tert-OH is 1. The number of nitrogens with zero attached hydrogens (tertiary/aromatic N) is 1. The molecule has 1 aliphatic rings. The molecule has 0 radical (unpaired) electrons. The van der Waals surface area contributed by atoms with Crippen molar-refractivity contribution in [2.24, 2.45) is 5.92 Å². The molecular weight excluding hydrogens is 406 g/mol. The number of ether oxygens (including phenoxy) is 2. The second-order valence-corrected chi connectivity index (χ2v) is 8.79. The molecule has 0 spiro atoms. The maximum Gasteiger partial charge on any atom is 0.307 e. The van der Waals surface area contributed by atoms with Gasteiger partial charge in [0.05, 0.1) is 24.6 Å². The second kappa shape index (κ2) is 12.4. The average molecular weight is 442 g/mol. The largest absolute Gasteiger partial charge is 0.460 e. The molecule has 2 rings (SSSR count). The van der Waals surface area contributed by atoms with Gasteiger partial charge in [-0.2, -0.15) is 0 Å². The third kappa shape index (κ3) is 8.44. The van der Waals surface area contributed by atoms with Crippen LogP contribution in [0.15, 0.2) is 60.8 Å². The fourth-order valence-corrected chi connectivity index (χ4v) is 3.34. The minimum absolute atomic E-state index is 0.103. The Hall–Kier alpha value is -2.70. The quantitative estimate of drug-likeness (QED) is 0.320. The third-order valence-electron chi connectivity index (χ3n) is 4.80. The molecule has 32 heavy (non-hydrogen) atoms. The summed E-state index contributed by atoms with van der Waals surface area (Å²) < 4.78 is 10.7. The van der Waals surface area contributed by atoms with E-state index >= 15 is 0 Å². The van der Waals surface area contributed by atoms with Crippen molar-refractivity contribution in [1.29, 1.82) is 0 Å². The number of carbonyl (C=O) groups is 2. The van der Waals surface area contributed by atoms with Crippen LogP contribution in [-0.2, 0) is 19.1 Å². The first kappa shape index (κ1) is 25.6. The van der Waals surface area contributed by atoms with E-state index in [-0.39, 0.29) is 13.0 Å². The highest BCUT2D eigenvalue weighted by Crippen LogP contribution is 2.26. The number of esters is 1. The minimum Gasteiger partial charge on any atom is -0.460 e. The monoisotopic (exact) mass is 441 g/mol. The van der Waals surface area contributed by atoms with Crippen molar-refractivity contribution in [3.05, 3.63) is 66.4 Å². The van der Waals surface area contributed by atoms with Crippen LogP contribution in [-0.4, -0.2) is 40.5 Å². The lowest BCUT2D eigenvalue weighted by atomic mass is 10.0. The lowest BCUT2D eigenvalue weighted by Crippen LogP contribution is -2.39. The summed E-state index contributed by atoms with van der Waals surface area (Å²) in [7, 11) is 0. The molecule has 2 atom stereocenters. The number of aliphatic hydroxyl groups is 1. The molecule has 6 heteroatoms. The highest BCUT2D eigenvalue weighted by molar-refractivity contribution is 5.87. The number of benzene rings is 1. The van der Waals surface area contributed by atoms with E-state index in [2.05, 4.69) is 6.58 Å². The summed E-state index contributed by atoms with van der Waals surface area (Å²) in [4.78, 5) is 27.1. The summed E-state index contributed by atoms with van der Waals surface area (Å²) in [5, 5.41) is 10.3. The van der Waals surface area contributed by atoms with Crippen molar-refractivity contribution >= 4 is 18.0 Å². The van der Waals surface area contributed by atoms with Crippen LogP contribution in [0, 0.1) is 5.92 Å².